The summed E-state index contributed by atoms with van der Waals surface area (Å²) in [4.78, 5) is 26.6. The van der Waals surface area contributed by atoms with Gasteiger partial charge < -0.3 is 9.42 Å². The lowest BCUT2D eigenvalue weighted by Gasteiger charge is -2.31. The Hall–Kier alpha value is -2.57. The van der Waals surface area contributed by atoms with Crippen LogP contribution in [0.1, 0.15) is 32.6 Å². The highest BCUT2D eigenvalue weighted by molar-refractivity contribution is 5.88. The highest BCUT2D eigenvalue weighted by Crippen LogP contribution is 2.22. The summed E-state index contributed by atoms with van der Waals surface area (Å²) < 4.78 is 5.34. The maximum atomic E-state index is 12.2. The largest absolute Gasteiger partial charge is 0.339 e. The third-order valence-electron chi connectivity index (χ3n) is 3.97. The normalized spacial score (nSPS) is 17.6. The Morgan fingerprint density at radius 2 is 2.29 bits per heavy atom. The van der Waals surface area contributed by atoms with Gasteiger partial charge in [0.2, 0.25) is 17.6 Å². The number of piperidine rings is 1. The van der Waals surface area contributed by atoms with E-state index in [1.165, 1.54) is 0 Å². The fraction of sp³-hybridized carbons (Fsp3) is 0.471. The molecule has 0 radical (unpaired) electrons. The molecule has 0 bridgehead atoms. The van der Waals surface area contributed by atoms with Crippen molar-refractivity contribution in [2.45, 2.75) is 33.1 Å². The topological polar surface area (TPSA) is 85.0 Å². The van der Waals surface area contributed by atoms with E-state index in [0.29, 0.717) is 29.7 Å². The van der Waals surface area contributed by atoms with Crippen LogP contribution in [0.4, 0.5) is 0 Å². The van der Waals surface area contributed by atoms with E-state index in [4.69, 9.17) is 4.52 Å². The first-order valence-corrected chi connectivity index (χ1v) is 8.14. The summed E-state index contributed by atoms with van der Waals surface area (Å²) in [6.07, 6.45) is 9.23. The number of carbonyl (C=O) groups is 1. The summed E-state index contributed by atoms with van der Waals surface area (Å²) in [7, 11) is 0. The van der Waals surface area contributed by atoms with Crippen molar-refractivity contribution in [1.29, 1.82) is 0 Å². The maximum Gasteiger partial charge on any atom is 0.246 e. The molecule has 0 aromatic carbocycles. The molecule has 0 saturated carbocycles. The Balaban J connectivity index is 1.63. The lowest BCUT2D eigenvalue weighted by atomic mass is 9.94. The molecule has 1 aliphatic rings. The number of rotatable bonds is 4. The number of hydrogen-bond donors (Lipinski definition) is 0. The molecule has 3 heterocycles. The second-order valence-electron chi connectivity index (χ2n) is 6.32. The molecule has 1 fully saturated rings. The van der Waals surface area contributed by atoms with Crippen LogP contribution in [-0.4, -0.2) is 44.0 Å². The van der Waals surface area contributed by atoms with Gasteiger partial charge in [0.15, 0.2) is 0 Å². The minimum absolute atomic E-state index is 0.0884. The van der Waals surface area contributed by atoms with Gasteiger partial charge >= 0.3 is 0 Å². The van der Waals surface area contributed by atoms with Crippen molar-refractivity contribution in [2.75, 3.05) is 13.1 Å². The van der Waals surface area contributed by atoms with E-state index in [2.05, 4.69) is 20.1 Å². The molecule has 0 N–H and O–H groups in total. The van der Waals surface area contributed by atoms with Crippen LogP contribution in [0.5, 0.6) is 0 Å². The fourth-order valence-electron chi connectivity index (χ4n) is 2.87. The molecule has 24 heavy (non-hydrogen) atoms. The lowest BCUT2D eigenvalue weighted by Crippen LogP contribution is -2.39. The van der Waals surface area contributed by atoms with Gasteiger partial charge in [-0.2, -0.15) is 4.98 Å². The van der Waals surface area contributed by atoms with Gasteiger partial charge in [0.25, 0.3) is 0 Å². The first kappa shape index (κ1) is 16.3. The molecule has 1 saturated heterocycles. The van der Waals surface area contributed by atoms with Crippen molar-refractivity contribution in [3.63, 3.8) is 0 Å². The maximum absolute atomic E-state index is 12.2. The molecule has 1 aliphatic heterocycles. The van der Waals surface area contributed by atoms with Crippen molar-refractivity contribution in [2.24, 2.45) is 5.92 Å². The van der Waals surface area contributed by atoms with E-state index < -0.39 is 0 Å². The molecule has 0 spiro atoms. The number of nitrogens with zero attached hydrogens (tertiary/aromatic N) is 5. The number of likely N-dealkylation sites (tertiary alicyclic amines) is 1. The van der Waals surface area contributed by atoms with Crippen LogP contribution < -0.4 is 0 Å². The van der Waals surface area contributed by atoms with Gasteiger partial charge in [-0.25, -0.2) is 4.98 Å². The molecule has 1 amide bonds. The molecular formula is C17H21N5O2. The van der Waals surface area contributed by atoms with Gasteiger partial charge in [-0.3, -0.25) is 9.78 Å². The van der Waals surface area contributed by atoms with Gasteiger partial charge in [-0.1, -0.05) is 10.7 Å². The first-order valence-electron chi connectivity index (χ1n) is 8.14. The van der Waals surface area contributed by atoms with Crippen molar-refractivity contribution in [3.05, 3.63) is 36.1 Å². The third-order valence-corrected chi connectivity index (χ3v) is 3.97. The highest BCUT2D eigenvalue weighted by Gasteiger charge is 2.24. The fourth-order valence-corrected chi connectivity index (χ4v) is 2.87. The van der Waals surface area contributed by atoms with Gasteiger partial charge in [-0.05, 0) is 32.6 Å². The number of hydrogen-bond acceptors (Lipinski definition) is 6. The highest BCUT2D eigenvalue weighted by atomic mass is 16.5. The zero-order chi connectivity index (χ0) is 16.9. The molecule has 2 aromatic rings. The van der Waals surface area contributed by atoms with E-state index in [1.807, 2.05) is 18.7 Å². The standard InChI is InChI=1S/C17H21N5O2/c1-12(2)8-16(23)22-7-3-4-13(11-22)9-15-20-17(21-24-15)14-10-18-5-6-19-14/h5-6,8,10,13H,3-4,7,9,11H2,1-2H3/t13-/m0/s1. The van der Waals surface area contributed by atoms with Crippen molar-refractivity contribution in [3.8, 4) is 11.5 Å². The van der Waals surface area contributed by atoms with E-state index in [-0.39, 0.29) is 5.91 Å². The first-order chi connectivity index (χ1) is 11.6. The van der Waals surface area contributed by atoms with Gasteiger partial charge in [0.05, 0.1) is 6.20 Å². The van der Waals surface area contributed by atoms with Crippen LogP contribution in [0.2, 0.25) is 0 Å². The molecule has 7 nitrogen and oxygen atoms in total. The van der Waals surface area contributed by atoms with Crippen LogP contribution in [0.3, 0.4) is 0 Å². The number of aromatic nitrogens is 4. The van der Waals surface area contributed by atoms with Gasteiger partial charge in [-0.15, -0.1) is 0 Å². The monoisotopic (exact) mass is 327 g/mol. The Kier molecular flexibility index (Phi) is 4.98. The summed E-state index contributed by atoms with van der Waals surface area (Å²) in [5.74, 6) is 1.46. The quantitative estimate of drug-likeness (QED) is 0.801. The molecule has 0 unspecified atom stereocenters. The molecule has 2 aromatic heterocycles. The number of amides is 1. The van der Waals surface area contributed by atoms with Crippen LogP contribution in [-0.2, 0) is 11.2 Å². The zero-order valence-corrected chi connectivity index (χ0v) is 14.0. The van der Waals surface area contributed by atoms with E-state index in [9.17, 15) is 4.79 Å². The minimum atomic E-state index is 0.0884. The Morgan fingerprint density at radius 1 is 1.42 bits per heavy atom. The van der Waals surface area contributed by atoms with Crippen molar-refractivity contribution < 1.29 is 9.32 Å². The summed E-state index contributed by atoms with van der Waals surface area (Å²) in [6.45, 7) is 5.41. The molecule has 1 atom stereocenters. The van der Waals surface area contributed by atoms with E-state index in [0.717, 1.165) is 31.5 Å². The molecule has 126 valence electrons. The smallest absolute Gasteiger partial charge is 0.246 e. The Bertz CT molecular complexity index is 722. The average Bonchev–Trinajstić information content (AvgIpc) is 3.04. The van der Waals surface area contributed by atoms with Crippen LogP contribution in [0.25, 0.3) is 11.5 Å². The third kappa shape index (κ3) is 4.04. The summed E-state index contributed by atoms with van der Waals surface area (Å²) in [5, 5.41) is 3.97. The second-order valence-corrected chi connectivity index (χ2v) is 6.32. The summed E-state index contributed by atoms with van der Waals surface area (Å²) >= 11 is 0. The molecule has 3 rings (SSSR count). The lowest BCUT2D eigenvalue weighted by molar-refractivity contribution is -0.127. The molecule has 0 aliphatic carbocycles. The summed E-state index contributed by atoms with van der Waals surface area (Å²) in [5.41, 5.74) is 1.61. The van der Waals surface area contributed by atoms with E-state index in [1.54, 1.807) is 24.7 Å². The predicted octanol–water partition coefficient (Wildman–Crippen LogP) is 2.27. The zero-order valence-electron chi connectivity index (χ0n) is 14.0. The van der Waals surface area contributed by atoms with E-state index >= 15 is 0 Å². The summed E-state index contributed by atoms with van der Waals surface area (Å²) in [6, 6.07) is 0. The van der Waals surface area contributed by atoms with Gasteiger partial charge in [0, 0.05) is 38.0 Å². The SMILES string of the molecule is CC(C)=CC(=O)N1CCC[C@@H](Cc2nc(-c3cnccn3)no2)C1. The van der Waals surface area contributed by atoms with Crippen LogP contribution >= 0.6 is 0 Å². The number of allylic oxidation sites excluding steroid dienone is 1. The van der Waals surface area contributed by atoms with Crippen LogP contribution in [0, 0.1) is 5.92 Å². The number of carbonyl (C=O) groups excluding carboxylic acids is 1. The average molecular weight is 327 g/mol. The minimum Gasteiger partial charge on any atom is -0.339 e. The van der Waals surface area contributed by atoms with Crippen LogP contribution in [0.15, 0.2) is 34.8 Å². The van der Waals surface area contributed by atoms with Gasteiger partial charge in [0.1, 0.15) is 5.69 Å². The predicted molar refractivity (Wildman–Crippen MR) is 87.8 cm³/mol. The molecule has 7 heteroatoms. The second kappa shape index (κ2) is 7.33. The van der Waals surface area contributed by atoms with Crippen molar-refractivity contribution in [1.82, 2.24) is 25.0 Å². The molecular weight excluding hydrogens is 306 g/mol. The Labute approximate surface area is 140 Å². The Morgan fingerprint density at radius 3 is 3.04 bits per heavy atom. The van der Waals surface area contributed by atoms with Crippen molar-refractivity contribution >= 4 is 5.91 Å².